The molecule has 3 rings (SSSR count). The summed E-state index contributed by atoms with van der Waals surface area (Å²) >= 11 is 13.0. The van der Waals surface area contributed by atoms with Crippen molar-refractivity contribution in [2.45, 2.75) is 66.1 Å². The van der Waals surface area contributed by atoms with Crippen LogP contribution in [-0.2, 0) is 22.6 Å². The highest BCUT2D eigenvalue weighted by atomic mass is 35.5. The van der Waals surface area contributed by atoms with Crippen molar-refractivity contribution < 1.29 is 14.3 Å². The van der Waals surface area contributed by atoms with E-state index >= 15 is 0 Å². The molecule has 2 atom stereocenters. The molecule has 0 aliphatic heterocycles. The molecular formula is C31H36Cl2N2O3. The second-order valence-corrected chi connectivity index (χ2v) is 10.6. The van der Waals surface area contributed by atoms with Gasteiger partial charge in [0.05, 0.1) is 0 Å². The van der Waals surface area contributed by atoms with Gasteiger partial charge in [-0.15, -0.1) is 0 Å². The number of aryl methyl sites for hydroxylation is 2. The van der Waals surface area contributed by atoms with Gasteiger partial charge in [-0.05, 0) is 74.6 Å². The number of amides is 2. The van der Waals surface area contributed by atoms with Gasteiger partial charge in [0, 0.05) is 34.6 Å². The van der Waals surface area contributed by atoms with E-state index in [0.717, 1.165) is 28.7 Å². The maximum absolute atomic E-state index is 13.9. The molecule has 0 bridgehead atoms. The van der Waals surface area contributed by atoms with E-state index in [0.29, 0.717) is 27.8 Å². The first-order valence-electron chi connectivity index (χ1n) is 12.9. The summed E-state index contributed by atoms with van der Waals surface area (Å²) in [5.74, 6) is 0.0809. The average molecular weight is 556 g/mol. The van der Waals surface area contributed by atoms with E-state index in [4.69, 9.17) is 27.9 Å². The molecule has 3 aromatic carbocycles. The van der Waals surface area contributed by atoms with Gasteiger partial charge in [-0.2, -0.15) is 0 Å². The summed E-state index contributed by atoms with van der Waals surface area (Å²) in [5.41, 5.74) is 4.62. The molecule has 0 spiro atoms. The maximum atomic E-state index is 13.9. The zero-order valence-corrected chi connectivity index (χ0v) is 24.2. The molecule has 2 amide bonds. The molecule has 0 saturated heterocycles. The van der Waals surface area contributed by atoms with Crippen LogP contribution in [0.15, 0.2) is 60.7 Å². The number of carbonyl (C=O) groups excluding carboxylic acids is 2. The van der Waals surface area contributed by atoms with E-state index in [-0.39, 0.29) is 31.0 Å². The van der Waals surface area contributed by atoms with Crippen LogP contribution < -0.4 is 10.1 Å². The highest BCUT2D eigenvalue weighted by Crippen LogP contribution is 2.28. The fourth-order valence-electron chi connectivity index (χ4n) is 4.22. The topological polar surface area (TPSA) is 58.6 Å². The minimum atomic E-state index is -0.796. The molecule has 0 heterocycles. The van der Waals surface area contributed by atoms with Crippen molar-refractivity contribution in [3.63, 3.8) is 0 Å². The van der Waals surface area contributed by atoms with Gasteiger partial charge in [0.1, 0.15) is 11.8 Å². The van der Waals surface area contributed by atoms with E-state index < -0.39 is 6.04 Å². The smallest absolute Gasteiger partial charge is 0.261 e. The Morgan fingerprint density at radius 2 is 1.63 bits per heavy atom. The first-order chi connectivity index (χ1) is 18.1. The van der Waals surface area contributed by atoms with Gasteiger partial charge in [-0.1, -0.05) is 72.6 Å². The van der Waals surface area contributed by atoms with Crippen LogP contribution in [0.5, 0.6) is 5.75 Å². The molecule has 0 aliphatic rings. The van der Waals surface area contributed by atoms with Gasteiger partial charge in [-0.25, -0.2) is 0 Å². The Kier molecular flexibility index (Phi) is 10.6. The Bertz CT molecular complexity index is 1240. The Balaban J connectivity index is 1.99. The number of rotatable bonds is 11. The molecular weight excluding hydrogens is 519 g/mol. The normalized spacial score (nSPS) is 12.5. The number of benzene rings is 3. The fraction of sp³-hybridized carbons (Fsp3) is 0.355. The molecule has 202 valence electrons. The number of hydrogen-bond acceptors (Lipinski definition) is 3. The van der Waals surface area contributed by atoms with Crippen molar-refractivity contribution in [1.29, 1.82) is 0 Å². The second-order valence-electron chi connectivity index (χ2n) is 9.74. The SMILES string of the molecule is CC[C@H](C)NC(=O)[C@@H](Cc1ccccc1)N(Cc1c(Cl)cccc1Cl)C(=O)COc1cc(C)cc(C)c1C. The summed E-state index contributed by atoms with van der Waals surface area (Å²) in [5, 5.41) is 3.92. The van der Waals surface area contributed by atoms with Gasteiger partial charge >= 0.3 is 0 Å². The van der Waals surface area contributed by atoms with Crippen molar-refractivity contribution in [1.82, 2.24) is 10.2 Å². The Morgan fingerprint density at radius 1 is 0.974 bits per heavy atom. The molecule has 1 N–H and O–H groups in total. The van der Waals surface area contributed by atoms with Crippen LogP contribution in [0.3, 0.4) is 0 Å². The summed E-state index contributed by atoms with van der Waals surface area (Å²) in [4.78, 5) is 29.0. The third-order valence-corrected chi connectivity index (χ3v) is 7.49. The number of halogens is 2. The summed E-state index contributed by atoms with van der Waals surface area (Å²) in [6.45, 7) is 9.75. The predicted molar refractivity (Wildman–Crippen MR) is 155 cm³/mol. The minimum absolute atomic E-state index is 0.0456. The molecule has 0 fully saturated rings. The first-order valence-corrected chi connectivity index (χ1v) is 13.6. The van der Waals surface area contributed by atoms with Crippen molar-refractivity contribution >= 4 is 35.0 Å². The molecule has 38 heavy (non-hydrogen) atoms. The Hall–Kier alpha value is -3.02. The predicted octanol–water partition coefficient (Wildman–Crippen LogP) is 6.85. The number of hydrogen-bond donors (Lipinski definition) is 1. The van der Waals surface area contributed by atoms with Gasteiger partial charge in [0.25, 0.3) is 5.91 Å². The van der Waals surface area contributed by atoms with Crippen molar-refractivity contribution in [3.05, 3.63) is 98.5 Å². The van der Waals surface area contributed by atoms with E-state index in [9.17, 15) is 9.59 Å². The van der Waals surface area contributed by atoms with Gasteiger partial charge in [-0.3, -0.25) is 9.59 Å². The van der Waals surface area contributed by atoms with Crippen molar-refractivity contribution in [3.8, 4) is 5.75 Å². The zero-order chi connectivity index (χ0) is 27.8. The zero-order valence-electron chi connectivity index (χ0n) is 22.7. The summed E-state index contributed by atoms with van der Waals surface area (Å²) in [6.07, 6.45) is 1.10. The third-order valence-electron chi connectivity index (χ3n) is 6.78. The summed E-state index contributed by atoms with van der Waals surface area (Å²) in [6, 6.07) is 18.0. The van der Waals surface area contributed by atoms with Crippen molar-refractivity contribution in [2.75, 3.05) is 6.61 Å². The molecule has 5 nitrogen and oxygen atoms in total. The molecule has 0 saturated carbocycles. The molecule has 0 radical (unpaired) electrons. The van der Waals surface area contributed by atoms with Crippen LogP contribution >= 0.6 is 23.2 Å². The molecule has 3 aromatic rings. The van der Waals surface area contributed by atoms with E-state index in [1.807, 2.05) is 71.0 Å². The highest BCUT2D eigenvalue weighted by Gasteiger charge is 2.32. The van der Waals surface area contributed by atoms with Crippen LogP contribution in [-0.4, -0.2) is 35.4 Å². The number of carbonyl (C=O) groups is 2. The van der Waals surface area contributed by atoms with E-state index in [1.165, 1.54) is 4.90 Å². The first kappa shape index (κ1) is 29.5. The number of ether oxygens (including phenoxy) is 1. The van der Waals surface area contributed by atoms with E-state index in [2.05, 4.69) is 11.4 Å². The largest absolute Gasteiger partial charge is 0.483 e. The summed E-state index contributed by atoms with van der Waals surface area (Å²) < 4.78 is 6.03. The average Bonchev–Trinajstić information content (AvgIpc) is 2.89. The van der Waals surface area contributed by atoms with Crippen LogP contribution in [0.4, 0.5) is 0 Å². The molecule has 0 aromatic heterocycles. The van der Waals surface area contributed by atoms with E-state index in [1.54, 1.807) is 18.2 Å². The lowest BCUT2D eigenvalue weighted by Gasteiger charge is -2.32. The highest BCUT2D eigenvalue weighted by molar-refractivity contribution is 6.36. The molecule has 7 heteroatoms. The molecule has 0 aliphatic carbocycles. The van der Waals surface area contributed by atoms with Gasteiger partial charge < -0.3 is 15.0 Å². The van der Waals surface area contributed by atoms with Crippen LogP contribution in [0.2, 0.25) is 10.0 Å². The minimum Gasteiger partial charge on any atom is -0.483 e. The fourth-order valence-corrected chi connectivity index (χ4v) is 4.74. The Morgan fingerprint density at radius 3 is 2.26 bits per heavy atom. The number of nitrogens with one attached hydrogen (secondary N) is 1. The summed E-state index contributed by atoms with van der Waals surface area (Å²) in [7, 11) is 0. The van der Waals surface area contributed by atoms with Gasteiger partial charge in [0.15, 0.2) is 6.61 Å². The standard InChI is InChI=1S/C31H36Cl2N2O3/c1-6-22(4)34-31(37)28(17-24-11-8-7-9-12-24)35(18-25-26(32)13-10-14-27(25)33)30(36)19-38-29-16-20(2)15-21(3)23(29)5/h7-16,22,28H,6,17-19H2,1-5H3,(H,34,37)/t22-,28+/m0/s1. The second kappa shape index (κ2) is 13.7. The lowest BCUT2D eigenvalue weighted by atomic mass is 10.0. The quantitative estimate of drug-likeness (QED) is 0.282. The lowest BCUT2D eigenvalue weighted by Crippen LogP contribution is -2.53. The number of nitrogens with zero attached hydrogens (tertiary/aromatic N) is 1. The Labute approximate surface area is 236 Å². The van der Waals surface area contributed by atoms with Crippen LogP contribution in [0.25, 0.3) is 0 Å². The van der Waals surface area contributed by atoms with Crippen LogP contribution in [0.1, 0.15) is 48.1 Å². The monoisotopic (exact) mass is 554 g/mol. The third kappa shape index (κ3) is 7.75. The van der Waals surface area contributed by atoms with Gasteiger partial charge in [0.2, 0.25) is 5.91 Å². The molecule has 0 unspecified atom stereocenters. The van der Waals surface area contributed by atoms with Crippen molar-refractivity contribution in [2.24, 2.45) is 0 Å². The lowest BCUT2D eigenvalue weighted by molar-refractivity contribution is -0.143. The van der Waals surface area contributed by atoms with Crippen LogP contribution in [0, 0.1) is 20.8 Å². The maximum Gasteiger partial charge on any atom is 0.261 e.